The maximum Gasteiger partial charge on any atom is 0.312 e. The van der Waals surface area contributed by atoms with Gasteiger partial charge in [0.25, 0.3) is 0 Å². The van der Waals surface area contributed by atoms with Gasteiger partial charge in [-0.1, -0.05) is 6.58 Å². The van der Waals surface area contributed by atoms with Crippen molar-refractivity contribution >= 4 is 35.4 Å². The quantitative estimate of drug-likeness (QED) is 0.141. The molecule has 0 saturated carbocycles. The second kappa shape index (κ2) is 14.0. The summed E-state index contributed by atoms with van der Waals surface area (Å²) in [6.45, 7) is 4.21. The summed E-state index contributed by atoms with van der Waals surface area (Å²) < 4.78 is 0. The first kappa shape index (κ1) is 25.9. The van der Waals surface area contributed by atoms with Gasteiger partial charge < -0.3 is 33.6 Å². The minimum Gasteiger partial charge on any atom is -0.370 e. The molecule has 0 aliphatic carbocycles. The Labute approximate surface area is 169 Å². The number of thioether (sulfide) groups is 1. The van der Waals surface area contributed by atoms with Crippen LogP contribution in [0.3, 0.4) is 0 Å². The number of ketones is 1. The van der Waals surface area contributed by atoms with Crippen LogP contribution in [0.5, 0.6) is 0 Å². The van der Waals surface area contributed by atoms with Gasteiger partial charge >= 0.3 is 6.03 Å². The van der Waals surface area contributed by atoms with Gasteiger partial charge in [0, 0.05) is 12.0 Å². The van der Waals surface area contributed by atoms with Gasteiger partial charge in [0.1, 0.15) is 6.04 Å². The Kier molecular flexibility index (Phi) is 12.9. The number of hydrogen-bond acceptors (Lipinski definition) is 7. The number of urea groups is 1. The smallest absolute Gasteiger partial charge is 0.312 e. The van der Waals surface area contributed by atoms with Crippen molar-refractivity contribution in [3.05, 3.63) is 12.2 Å². The second-order valence-electron chi connectivity index (χ2n) is 6.35. The molecule has 4 amide bonds. The first-order valence-electron chi connectivity index (χ1n) is 8.96. The summed E-state index contributed by atoms with van der Waals surface area (Å²) >= 11 is 1.53. The Hall–Kier alpha value is -2.11. The van der Waals surface area contributed by atoms with Crippen molar-refractivity contribution in [3.63, 3.8) is 0 Å². The van der Waals surface area contributed by atoms with E-state index in [2.05, 4.69) is 17.2 Å². The molecular weight excluding hydrogens is 384 g/mol. The lowest BCUT2D eigenvalue weighted by Gasteiger charge is -2.25. The van der Waals surface area contributed by atoms with E-state index in [0.717, 1.165) is 0 Å². The van der Waals surface area contributed by atoms with Crippen molar-refractivity contribution < 1.29 is 19.2 Å². The Bertz CT molecular complexity index is 572. The number of carbonyl (C=O) groups is 4. The summed E-state index contributed by atoms with van der Waals surface area (Å²) in [5.74, 6) is -1.10. The predicted molar refractivity (Wildman–Crippen MR) is 110 cm³/mol. The monoisotopic (exact) mass is 416 g/mol. The van der Waals surface area contributed by atoms with E-state index in [1.54, 1.807) is 0 Å². The molecule has 0 bridgehead atoms. The Morgan fingerprint density at radius 3 is 2.18 bits per heavy atom. The number of nitrogens with two attached hydrogens (primary N) is 4. The number of rotatable bonds is 15. The van der Waals surface area contributed by atoms with E-state index in [0.29, 0.717) is 38.0 Å². The maximum absolute atomic E-state index is 12.6. The summed E-state index contributed by atoms with van der Waals surface area (Å²) in [7, 11) is 0. The van der Waals surface area contributed by atoms with Crippen molar-refractivity contribution in [1.29, 1.82) is 0 Å². The van der Waals surface area contributed by atoms with Gasteiger partial charge in [-0.05, 0) is 44.2 Å². The van der Waals surface area contributed by atoms with E-state index in [1.807, 2.05) is 6.26 Å². The Morgan fingerprint density at radius 1 is 1.04 bits per heavy atom. The number of hydrogen-bond donors (Lipinski definition) is 6. The molecule has 3 atom stereocenters. The molecule has 0 aliphatic heterocycles. The van der Waals surface area contributed by atoms with E-state index in [4.69, 9.17) is 22.9 Å². The van der Waals surface area contributed by atoms with Crippen molar-refractivity contribution in [2.24, 2.45) is 22.9 Å². The van der Waals surface area contributed by atoms with E-state index >= 15 is 0 Å². The highest BCUT2D eigenvalue weighted by Gasteiger charge is 2.28. The van der Waals surface area contributed by atoms with Gasteiger partial charge in [0.15, 0.2) is 5.78 Å². The topological polar surface area (TPSA) is 196 Å². The summed E-state index contributed by atoms with van der Waals surface area (Å²) in [6.07, 6.45) is 3.65. The van der Waals surface area contributed by atoms with E-state index < -0.39 is 41.8 Å². The molecule has 11 heteroatoms. The van der Waals surface area contributed by atoms with E-state index in [-0.39, 0.29) is 12.0 Å². The van der Waals surface area contributed by atoms with Gasteiger partial charge in [-0.15, -0.1) is 0 Å². The molecule has 160 valence electrons. The summed E-state index contributed by atoms with van der Waals surface area (Å²) in [5.41, 5.74) is 21.5. The highest BCUT2D eigenvalue weighted by atomic mass is 32.2. The second-order valence-corrected chi connectivity index (χ2v) is 7.34. The van der Waals surface area contributed by atoms with Crippen LogP contribution >= 0.6 is 11.8 Å². The lowest BCUT2D eigenvalue weighted by Crippen LogP contribution is -2.52. The molecule has 28 heavy (non-hydrogen) atoms. The van der Waals surface area contributed by atoms with Crippen molar-refractivity contribution in [1.82, 2.24) is 10.6 Å². The molecule has 0 aromatic rings. The van der Waals surface area contributed by atoms with Crippen LogP contribution in [0.2, 0.25) is 0 Å². The van der Waals surface area contributed by atoms with E-state index in [1.165, 1.54) is 11.8 Å². The third-order valence-corrected chi connectivity index (χ3v) is 4.65. The molecule has 0 heterocycles. The van der Waals surface area contributed by atoms with Gasteiger partial charge in [-0.25, -0.2) is 4.79 Å². The molecular formula is C17H32N6O4S. The highest BCUT2D eigenvalue weighted by Crippen LogP contribution is 2.13. The molecule has 10 nitrogen and oxygen atoms in total. The van der Waals surface area contributed by atoms with E-state index in [9.17, 15) is 19.2 Å². The first-order valence-corrected chi connectivity index (χ1v) is 10.4. The molecule has 0 spiro atoms. The minimum atomic E-state index is -1.12. The first-order chi connectivity index (χ1) is 13.1. The predicted octanol–water partition coefficient (Wildman–Crippen LogP) is -1.28. The van der Waals surface area contributed by atoms with Gasteiger partial charge in [0.2, 0.25) is 11.8 Å². The molecule has 0 unspecified atom stereocenters. The zero-order chi connectivity index (χ0) is 21.7. The fourth-order valence-electron chi connectivity index (χ4n) is 2.49. The molecule has 0 aliphatic rings. The van der Waals surface area contributed by atoms with Crippen LogP contribution in [0.25, 0.3) is 0 Å². The number of unbranched alkanes of at least 4 members (excludes halogenated alkanes) is 1. The standard InChI is InChI=1S/C17H32N6O4S/c1-10(15(25)11(19)9-14(20)24)12(6-8-28-2)22-16(26)13(23-17(21)27)5-3-4-7-18/h11-13H,1,3-9,18-19H2,2H3,(H2,20,24)(H,22,26)(H3,21,23,27)/t11-,12-,13-/m0/s1. The lowest BCUT2D eigenvalue weighted by atomic mass is 9.95. The van der Waals surface area contributed by atoms with Crippen LogP contribution in [-0.4, -0.2) is 60.3 Å². The average molecular weight is 417 g/mol. The van der Waals surface area contributed by atoms with Crippen molar-refractivity contribution in [3.8, 4) is 0 Å². The molecule has 0 radical (unpaired) electrons. The number of amides is 4. The largest absolute Gasteiger partial charge is 0.370 e. The normalized spacial score (nSPS) is 13.8. The number of carbonyl (C=O) groups excluding carboxylic acids is 4. The lowest BCUT2D eigenvalue weighted by molar-refractivity contribution is -0.124. The minimum absolute atomic E-state index is 0.0796. The molecule has 0 saturated heterocycles. The fourth-order valence-corrected chi connectivity index (χ4v) is 2.97. The average Bonchev–Trinajstić information content (AvgIpc) is 2.62. The third kappa shape index (κ3) is 10.3. The maximum atomic E-state index is 12.6. The zero-order valence-corrected chi connectivity index (χ0v) is 17.1. The van der Waals surface area contributed by atoms with Crippen LogP contribution < -0.4 is 33.6 Å². The van der Waals surface area contributed by atoms with Gasteiger partial charge in [-0.3, -0.25) is 14.4 Å². The molecule has 0 rings (SSSR count). The van der Waals surface area contributed by atoms with Crippen LogP contribution in [-0.2, 0) is 14.4 Å². The third-order valence-electron chi connectivity index (χ3n) is 4.00. The van der Waals surface area contributed by atoms with Crippen molar-refractivity contribution in [2.45, 2.75) is 50.2 Å². The van der Waals surface area contributed by atoms with Gasteiger partial charge in [0.05, 0.1) is 12.1 Å². The molecule has 0 aromatic carbocycles. The number of primary amides is 2. The molecule has 10 N–H and O–H groups in total. The van der Waals surface area contributed by atoms with Crippen LogP contribution in [0.15, 0.2) is 12.2 Å². The van der Waals surface area contributed by atoms with Crippen LogP contribution in [0.1, 0.15) is 32.1 Å². The molecule has 0 fully saturated rings. The fraction of sp³-hybridized carbons (Fsp3) is 0.647. The van der Waals surface area contributed by atoms with Gasteiger partial charge in [-0.2, -0.15) is 11.8 Å². The summed E-state index contributed by atoms with van der Waals surface area (Å²) in [5, 5.41) is 5.12. The summed E-state index contributed by atoms with van der Waals surface area (Å²) in [4.78, 5) is 47.3. The molecule has 0 aromatic heterocycles. The zero-order valence-electron chi connectivity index (χ0n) is 16.2. The number of Topliss-reactive ketones (excluding diaryl/α,β-unsaturated/α-hetero) is 1. The van der Waals surface area contributed by atoms with Crippen LogP contribution in [0, 0.1) is 0 Å². The number of nitrogens with one attached hydrogen (secondary N) is 2. The van der Waals surface area contributed by atoms with Crippen LogP contribution in [0.4, 0.5) is 4.79 Å². The SMILES string of the molecule is C=C(C(=O)[C@@H](N)CC(N)=O)[C@H](CCSC)NC(=O)[C@H](CCCCN)NC(N)=O. The summed E-state index contributed by atoms with van der Waals surface area (Å²) in [6, 6.07) is -3.50. The Balaban J connectivity index is 5.21. The Morgan fingerprint density at radius 2 is 1.68 bits per heavy atom. The highest BCUT2D eigenvalue weighted by molar-refractivity contribution is 7.98. The van der Waals surface area contributed by atoms with Crippen molar-refractivity contribution in [2.75, 3.05) is 18.6 Å².